The second-order valence-corrected chi connectivity index (χ2v) is 8.65. The summed E-state index contributed by atoms with van der Waals surface area (Å²) in [5.41, 5.74) is 0.285. The van der Waals surface area contributed by atoms with Gasteiger partial charge >= 0.3 is 0 Å². The van der Waals surface area contributed by atoms with Crippen molar-refractivity contribution in [2.45, 2.75) is 71.8 Å². The van der Waals surface area contributed by atoms with Crippen LogP contribution in [0.25, 0.3) is 0 Å². The van der Waals surface area contributed by atoms with Crippen molar-refractivity contribution in [2.75, 3.05) is 6.61 Å². The van der Waals surface area contributed by atoms with E-state index in [0.717, 1.165) is 6.61 Å². The third kappa shape index (κ3) is 6.02. The molecule has 3 heteroatoms. The summed E-state index contributed by atoms with van der Waals surface area (Å²) >= 11 is 0. The smallest absolute Gasteiger partial charge is 0.171 e. The second-order valence-electron chi connectivity index (χ2n) is 6.28. The lowest BCUT2D eigenvalue weighted by Gasteiger charge is -2.32. The summed E-state index contributed by atoms with van der Waals surface area (Å²) in [7, 11) is -0.912. The molecule has 1 fully saturated rings. The average Bonchev–Trinajstić information content (AvgIpc) is 2.91. The SMILES string of the molecule is C[SiH](C)OC(CCCCC1CO1)C(C)(C)C. The Bertz CT molecular complexity index is 195. The molecule has 0 aromatic heterocycles. The van der Waals surface area contributed by atoms with Crippen LogP contribution in [0, 0.1) is 5.41 Å². The van der Waals surface area contributed by atoms with E-state index in [-0.39, 0.29) is 5.41 Å². The molecule has 1 aliphatic heterocycles. The van der Waals surface area contributed by atoms with Crippen LogP contribution in [-0.4, -0.2) is 27.9 Å². The minimum absolute atomic E-state index is 0.285. The van der Waals surface area contributed by atoms with E-state index in [2.05, 4.69) is 33.9 Å². The van der Waals surface area contributed by atoms with Crippen LogP contribution in [0.4, 0.5) is 0 Å². The van der Waals surface area contributed by atoms with Gasteiger partial charge in [-0.1, -0.05) is 33.6 Å². The van der Waals surface area contributed by atoms with Crippen LogP contribution < -0.4 is 0 Å². The summed E-state index contributed by atoms with van der Waals surface area (Å²) in [5, 5.41) is 0. The number of unbranched alkanes of at least 4 members (excludes halogenated alkanes) is 1. The molecule has 0 N–H and O–H groups in total. The summed E-state index contributed by atoms with van der Waals surface area (Å²) in [6.07, 6.45) is 6.06. The summed E-state index contributed by atoms with van der Waals surface area (Å²) < 4.78 is 11.4. The molecule has 1 heterocycles. The fourth-order valence-electron chi connectivity index (χ4n) is 1.97. The lowest BCUT2D eigenvalue weighted by atomic mass is 9.86. The zero-order chi connectivity index (χ0) is 12.2. The van der Waals surface area contributed by atoms with Gasteiger partial charge < -0.3 is 9.16 Å². The largest absolute Gasteiger partial charge is 0.417 e. The van der Waals surface area contributed by atoms with Crippen LogP contribution in [0.1, 0.15) is 46.5 Å². The van der Waals surface area contributed by atoms with Gasteiger partial charge in [0.15, 0.2) is 9.04 Å². The van der Waals surface area contributed by atoms with E-state index < -0.39 is 9.04 Å². The topological polar surface area (TPSA) is 21.8 Å². The molecule has 1 aliphatic rings. The molecule has 2 unspecified atom stereocenters. The molecule has 1 saturated heterocycles. The molecule has 1 rings (SSSR count). The predicted octanol–water partition coefficient (Wildman–Crippen LogP) is 3.36. The van der Waals surface area contributed by atoms with Crippen molar-refractivity contribution >= 4 is 9.04 Å². The summed E-state index contributed by atoms with van der Waals surface area (Å²) in [5.74, 6) is 0. The molecule has 0 spiro atoms. The maximum absolute atomic E-state index is 6.15. The number of hydrogen-bond donors (Lipinski definition) is 0. The first-order chi connectivity index (χ1) is 7.39. The Kier molecular flexibility index (Phi) is 5.48. The number of epoxide rings is 1. The predicted molar refractivity (Wildman–Crippen MR) is 71.4 cm³/mol. The van der Waals surface area contributed by atoms with E-state index in [4.69, 9.17) is 9.16 Å². The number of hydrogen-bond acceptors (Lipinski definition) is 2. The third-order valence-electron chi connectivity index (χ3n) is 3.05. The van der Waals surface area contributed by atoms with E-state index in [1.54, 1.807) is 0 Å². The summed E-state index contributed by atoms with van der Waals surface area (Å²) in [6, 6.07) is 0. The molecule has 0 saturated carbocycles. The summed E-state index contributed by atoms with van der Waals surface area (Å²) in [4.78, 5) is 0. The monoisotopic (exact) mass is 244 g/mol. The highest BCUT2D eigenvalue weighted by Crippen LogP contribution is 2.28. The van der Waals surface area contributed by atoms with Gasteiger partial charge in [-0.05, 0) is 31.4 Å². The van der Waals surface area contributed by atoms with E-state index in [9.17, 15) is 0 Å². The van der Waals surface area contributed by atoms with E-state index in [0.29, 0.717) is 12.2 Å². The lowest BCUT2D eigenvalue weighted by Crippen LogP contribution is -2.33. The molecular formula is C13H28O2Si. The zero-order valence-corrected chi connectivity index (χ0v) is 12.7. The van der Waals surface area contributed by atoms with Crippen molar-refractivity contribution in [1.29, 1.82) is 0 Å². The molecule has 0 aromatic rings. The fraction of sp³-hybridized carbons (Fsp3) is 1.00. The highest BCUT2D eigenvalue weighted by molar-refractivity contribution is 6.48. The molecule has 0 bridgehead atoms. The van der Waals surface area contributed by atoms with Gasteiger partial charge in [-0.3, -0.25) is 0 Å². The Labute approximate surface area is 102 Å². The van der Waals surface area contributed by atoms with Crippen molar-refractivity contribution in [1.82, 2.24) is 0 Å². The average molecular weight is 244 g/mol. The third-order valence-corrected chi connectivity index (χ3v) is 3.92. The van der Waals surface area contributed by atoms with Crippen LogP contribution in [0.2, 0.25) is 13.1 Å². The second kappa shape index (κ2) is 6.17. The van der Waals surface area contributed by atoms with E-state index >= 15 is 0 Å². The Balaban J connectivity index is 2.19. The molecule has 96 valence electrons. The maximum atomic E-state index is 6.15. The molecule has 0 aliphatic carbocycles. The van der Waals surface area contributed by atoms with Gasteiger partial charge in [0.25, 0.3) is 0 Å². The Morgan fingerprint density at radius 2 is 1.94 bits per heavy atom. The molecular weight excluding hydrogens is 216 g/mol. The minimum atomic E-state index is -0.912. The van der Waals surface area contributed by atoms with Crippen LogP contribution in [0.5, 0.6) is 0 Å². The molecule has 16 heavy (non-hydrogen) atoms. The van der Waals surface area contributed by atoms with Gasteiger partial charge in [-0.2, -0.15) is 0 Å². The van der Waals surface area contributed by atoms with Crippen molar-refractivity contribution in [2.24, 2.45) is 5.41 Å². The number of ether oxygens (including phenoxy) is 1. The van der Waals surface area contributed by atoms with Gasteiger partial charge in [0, 0.05) is 6.10 Å². The highest BCUT2D eigenvalue weighted by Gasteiger charge is 2.26. The Morgan fingerprint density at radius 3 is 2.38 bits per heavy atom. The number of rotatable bonds is 7. The van der Waals surface area contributed by atoms with Gasteiger partial charge in [-0.15, -0.1) is 0 Å². The fourth-order valence-corrected chi connectivity index (χ4v) is 3.17. The normalized spacial score (nSPS) is 22.5. The molecule has 2 nitrogen and oxygen atoms in total. The van der Waals surface area contributed by atoms with Crippen LogP contribution in [0.15, 0.2) is 0 Å². The Hall–Kier alpha value is 0.137. The van der Waals surface area contributed by atoms with Gasteiger partial charge in [-0.25, -0.2) is 0 Å². The molecule has 0 radical (unpaired) electrons. The quantitative estimate of drug-likeness (QED) is 0.389. The highest BCUT2D eigenvalue weighted by atomic mass is 28.3. The van der Waals surface area contributed by atoms with Gasteiger partial charge in [0.1, 0.15) is 0 Å². The molecule has 0 aromatic carbocycles. The van der Waals surface area contributed by atoms with Crippen LogP contribution >= 0.6 is 0 Å². The first-order valence-electron chi connectivity index (χ1n) is 6.66. The first-order valence-corrected chi connectivity index (χ1v) is 9.44. The van der Waals surface area contributed by atoms with Crippen LogP contribution in [0.3, 0.4) is 0 Å². The Morgan fingerprint density at radius 1 is 1.31 bits per heavy atom. The summed E-state index contributed by atoms with van der Waals surface area (Å²) in [6.45, 7) is 12.4. The van der Waals surface area contributed by atoms with Crippen molar-refractivity contribution < 1.29 is 9.16 Å². The molecule has 2 atom stereocenters. The maximum Gasteiger partial charge on any atom is 0.171 e. The van der Waals surface area contributed by atoms with Crippen LogP contribution in [-0.2, 0) is 9.16 Å². The van der Waals surface area contributed by atoms with Crippen molar-refractivity contribution in [3.63, 3.8) is 0 Å². The minimum Gasteiger partial charge on any atom is -0.417 e. The zero-order valence-electron chi connectivity index (χ0n) is 11.6. The van der Waals surface area contributed by atoms with E-state index in [1.165, 1.54) is 25.7 Å². The van der Waals surface area contributed by atoms with E-state index in [1.807, 2.05) is 0 Å². The standard InChI is InChI=1S/C13H28O2Si/c1-13(2,3)12(15-16(4)5)9-7-6-8-11-10-14-11/h11-12,16H,6-10H2,1-5H3. The van der Waals surface area contributed by atoms with Gasteiger partial charge in [0.2, 0.25) is 0 Å². The van der Waals surface area contributed by atoms with Gasteiger partial charge in [0.05, 0.1) is 12.7 Å². The lowest BCUT2D eigenvalue weighted by molar-refractivity contribution is 0.0758. The van der Waals surface area contributed by atoms with Crippen molar-refractivity contribution in [3.8, 4) is 0 Å². The molecule has 0 amide bonds. The van der Waals surface area contributed by atoms with Crippen molar-refractivity contribution in [3.05, 3.63) is 0 Å². The first kappa shape index (κ1) is 14.2.